The van der Waals surface area contributed by atoms with Crippen molar-refractivity contribution in [2.45, 2.75) is 70.8 Å². The highest BCUT2D eigenvalue weighted by atomic mass is 16.6. The molecule has 0 unspecified atom stereocenters. The van der Waals surface area contributed by atoms with E-state index in [1.54, 1.807) is 27.7 Å². The summed E-state index contributed by atoms with van der Waals surface area (Å²) in [5.74, 6) is -0.578. The minimum Gasteiger partial charge on any atom is -0.481 e. The molecule has 0 radical (unpaired) electrons. The van der Waals surface area contributed by atoms with Gasteiger partial charge in [-0.3, -0.25) is 4.79 Å². The number of carbonyl (C=O) groups is 3. The number of alkyl carbamates (subject to hydrolysis) is 1. The predicted octanol–water partition coefficient (Wildman–Crippen LogP) is 1.62. The number of amides is 1. The van der Waals surface area contributed by atoms with Crippen LogP contribution in [0.15, 0.2) is 0 Å². The van der Waals surface area contributed by atoms with Gasteiger partial charge in [-0.2, -0.15) is 0 Å². The number of carboxylic acid groups (broad SMARTS) is 1. The first-order chi connectivity index (χ1) is 12.5. The fourth-order valence-corrected chi connectivity index (χ4v) is 3.71. The van der Waals surface area contributed by atoms with Gasteiger partial charge in [0.25, 0.3) is 0 Å². The van der Waals surface area contributed by atoms with Crippen molar-refractivity contribution in [3.05, 3.63) is 0 Å². The predicted molar refractivity (Wildman–Crippen MR) is 107 cm³/mol. The van der Waals surface area contributed by atoms with Gasteiger partial charge in [-0.05, 0) is 58.9 Å². The molecule has 0 aromatic heterocycles. The van der Waals surface area contributed by atoms with E-state index in [0.717, 1.165) is 32.0 Å². The van der Waals surface area contributed by atoms with Crippen LogP contribution >= 0.6 is 0 Å². The first-order valence-corrected chi connectivity index (χ1v) is 9.90. The van der Waals surface area contributed by atoms with Crippen LogP contribution in [0.2, 0.25) is 6.32 Å². The molecule has 0 heterocycles. The largest absolute Gasteiger partial charge is 0.481 e. The lowest BCUT2D eigenvalue weighted by atomic mass is 9.71. The van der Waals surface area contributed by atoms with Gasteiger partial charge in [-0.15, -0.1) is 0 Å². The van der Waals surface area contributed by atoms with Crippen molar-refractivity contribution in [3.63, 3.8) is 0 Å². The molecular weight excluding hydrogens is 347 g/mol. The minimum atomic E-state index is -1.11. The average Bonchev–Trinajstić information content (AvgIpc) is 2.54. The first kappa shape index (κ1) is 23.5. The Balaban J connectivity index is 2.56. The van der Waals surface area contributed by atoms with Crippen LogP contribution in [0.4, 0.5) is 4.79 Å². The van der Waals surface area contributed by atoms with Gasteiger partial charge in [0.2, 0.25) is 0 Å². The third-order valence-corrected chi connectivity index (χ3v) is 5.06. The monoisotopic (exact) mass is 382 g/mol. The van der Waals surface area contributed by atoms with Crippen LogP contribution in [-0.4, -0.2) is 55.5 Å². The summed E-state index contributed by atoms with van der Waals surface area (Å²) in [6.07, 6.45) is 4.81. The molecule has 1 fully saturated rings. The van der Waals surface area contributed by atoms with E-state index in [2.05, 4.69) is 18.5 Å². The smallest absolute Gasteiger partial charge is 0.408 e. The Bertz CT molecular complexity index is 523. The molecule has 0 saturated heterocycles. The van der Waals surface area contributed by atoms with Crippen LogP contribution in [0.3, 0.4) is 0 Å². The number of aldehydes is 1. The normalized spacial score (nSPS) is 25.3. The van der Waals surface area contributed by atoms with Crippen LogP contribution in [-0.2, 0) is 14.3 Å². The van der Waals surface area contributed by atoms with Crippen molar-refractivity contribution in [2.24, 2.45) is 17.8 Å². The van der Waals surface area contributed by atoms with E-state index in [4.69, 9.17) is 4.74 Å². The average molecular weight is 382 g/mol. The molecule has 1 saturated carbocycles. The number of ether oxygens (including phenoxy) is 1. The molecular formula is C19H35BN2O5. The van der Waals surface area contributed by atoms with E-state index in [-0.39, 0.29) is 18.4 Å². The molecule has 1 aliphatic carbocycles. The molecule has 0 aromatic rings. The fraction of sp³-hybridized carbons (Fsp3) is 0.842. The number of hydrogen-bond donors (Lipinski definition) is 3. The molecule has 4 atom stereocenters. The Kier molecular flexibility index (Phi) is 8.79. The third kappa shape index (κ3) is 8.33. The van der Waals surface area contributed by atoms with Crippen molar-refractivity contribution < 1.29 is 24.2 Å². The molecule has 1 rings (SSSR count). The Morgan fingerprint density at radius 1 is 1.26 bits per heavy atom. The lowest BCUT2D eigenvalue weighted by Crippen LogP contribution is -2.55. The maximum atomic E-state index is 11.9. The Morgan fingerprint density at radius 3 is 2.44 bits per heavy atom. The molecule has 0 aliphatic heterocycles. The standard InChI is InChI=1S/C19H35BN2O5/c1-18(2,3)27-17(26)22-19(4,12-23)11-21-10-14-6-5-13(7-8-20)9-15(14)16(24)25/h12-15,21H,5-11,20H2,1-4H3,(H,22,26)(H,24,25)/t13-,14-,15-,19-/m0/s1. The zero-order valence-corrected chi connectivity index (χ0v) is 17.3. The number of nitrogens with one attached hydrogen (secondary N) is 2. The summed E-state index contributed by atoms with van der Waals surface area (Å²) in [6, 6.07) is 0. The van der Waals surface area contributed by atoms with Gasteiger partial charge in [0.1, 0.15) is 25.3 Å². The van der Waals surface area contributed by atoms with E-state index >= 15 is 0 Å². The SMILES string of the molecule is BCC[C@@H]1CC[C@@H](CNC[C@@](C)(C=O)NC(=O)OC(C)(C)C)[C@@H](C(=O)O)C1. The molecule has 154 valence electrons. The summed E-state index contributed by atoms with van der Waals surface area (Å²) in [4.78, 5) is 35.1. The maximum Gasteiger partial charge on any atom is 0.408 e. The summed E-state index contributed by atoms with van der Waals surface area (Å²) in [5, 5.41) is 15.3. The Morgan fingerprint density at radius 2 is 1.93 bits per heavy atom. The van der Waals surface area contributed by atoms with Crippen molar-refractivity contribution in [2.75, 3.05) is 13.1 Å². The van der Waals surface area contributed by atoms with Crippen LogP contribution in [0.5, 0.6) is 0 Å². The van der Waals surface area contributed by atoms with Gasteiger partial charge < -0.3 is 25.3 Å². The van der Waals surface area contributed by atoms with Crippen LogP contribution < -0.4 is 10.6 Å². The molecule has 27 heavy (non-hydrogen) atoms. The topological polar surface area (TPSA) is 105 Å². The van der Waals surface area contributed by atoms with E-state index in [1.807, 2.05) is 0 Å². The number of carbonyl (C=O) groups excluding carboxylic acids is 2. The third-order valence-electron chi connectivity index (χ3n) is 5.06. The lowest BCUT2D eigenvalue weighted by Gasteiger charge is -2.35. The van der Waals surface area contributed by atoms with Gasteiger partial charge in [0.15, 0.2) is 0 Å². The van der Waals surface area contributed by atoms with Gasteiger partial charge in [0, 0.05) is 6.54 Å². The second kappa shape index (κ2) is 10.1. The summed E-state index contributed by atoms with van der Waals surface area (Å²) >= 11 is 0. The van der Waals surface area contributed by atoms with Crippen molar-refractivity contribution in [3.8, 4) is 0 Å². The van der Waals surface area contributed by atoms with Gasteiger partial charge in [-0.25, -0.2) is 4.79 Å². The van der Waals surface area contributed by atoms with Gasteiger partial charge in [-0.1, -0.05) is 19.2 Å². The minimum absolute atomic E-state index is 0.0352. The maximum absolute atomic E-state index is 11.9. The Labute approximate surface area is 163 Å². The van der Waals surface area contributed by atoms with Crippen LogP contribution in [0.1, 0.15) is 53.4 Å². The number of carboxylic acids is 1. The van der Waals surface area contributed by atoms with Crippen molar-refractivity contribution >= 4 is 26.2 Å². The van der Waals surface area contributed by atoms with E-state index in [0.29, 0.717) is 18.7 Å². The van der Waals surface area contributed by atoms with E-state index < -0.39 is 23.2 Å². The molecule has 0 aromatic carbocycles. The second-order valence-electron chi connectivity index (χ2n) is 8.97. The van der Waals surface area contributed by atoms with Crippen molar-refractivity contribution in [1.29, 1.82) is 0 Å². The number of hydrogen-bond acceptors (Lipinski definition) is 5. The molecule has 1 amide bonds. The molecule has 1 aliphatic rings. The highest BCUT2D eigenvalue weighted by molar-refractivity contribution is 6.08. The molecule has 3 N–H and O–H groups in total. The van der Waals surface area contributed by atoms with Crippen molar-refractivity contribution in [1.82, 2.24) is 10.6 Å². The lowest BCUT2D eigenvalue weighted by molar-refractivity contribution is -0.145. The van der Waals surface area contributed by atoms with E-state index in [1.165, 1.54) is 0 Å². The fourth-order valence-electron chi connectivity index (χ4n) is 3.71. The highest BCUT2D eigenvalue weighted by Crippen LogP contribution is 2.36. The van der Waals surface area contributed by atoms with E-state index in [9.17, 15) is 19.5 Å². The van der Waals surface area contributed by atoms with Gasteiger partial charge >= 0.3 is 12.1 Å². The summed E-state index contributed by atoms with van der Waals surface area (Å²) in [6.45, 7) is 7.61. The second-order valence-corrected chi connectivity index (χ2v) is 8.97. The van der Waals surface area contributed by atoms with Crippen LogP contribution in [0, 0.1) is 17.8 Å². The molecule has 7 nitrogen and oxygen atoms in total. The molecule has 0 bridgehead atoms. The summed E-state index contributed by atoms with van der Waals surface area (Å²) < 4.78 is 5.20. The van der Waals surface area contributed by atoms with Gasteiger partial charge in [0.05, 0.1) is 5.92 Å². The van der Waals surface area contributed by atoms with Crippen LogP contribution in [0.25, 0.3) is 0 Å². The Hall–Kier alpha value is -1.57. The summed E-state index contributed by atoms with van der Waals surface area (Å²) in [5.41, 5.74) is -1.76. The number of aliphatic carboxylic acids is 1. The zero-order chi connectivity index (χ0) is 20.7. The number of rotatable bonds is 9. The first-order valence-electron chi connectivity index (χ1n) is 9.90. The zero-order valence-electron chi connectivity index (χ0n) is 17.3. The molecule has 8 heteroatoms. The molecule has 0 spiro atoms. The summed E-state index contributed by atoms with van der Waals surface area (Å²) in [7, 11) is 2.13. The highest BCUT2D eigenvalue weighted by Gasteiger charge is 2.35. The quantitative estimate of drug-likeness (QED) is 0.414.